The fraction of sp³-hybridized carbons (Fsp3) is 0.350. The van der Waals surface area contributed by atoms with Crippen molar-refractivity contribution >= 4 is 39.8 Å². The molecule has 0 N–H and O–H groups in total. The summed E-state index contributed by atoms with van der Waals surface area (Å²) < 4.78 is 0. The molecule has 4 heteroatoms. The van der Waals surface area contributed by atoms with E-state index in [1.807, 2.05) is 35.7 Å². The van der Waals surface area contributed by atoms with Gasteiger partial charge in [-0.25, -0.2) is 0 Å². The summed E-state index contributed by atoms with van der Waals surface area (Å²) >= 11 is 5.36. The Morgan fingerprint density at radius 3 is 2.12 bits per heavy atom. The van der Waals surface area contributed by atoms with Gasteiger partial charge in [-0.3, -0.25) is 4.79 Å². The van der Waals surface area contributed by atoms with Gasteiger partial charge in [0.2, 0.25) is 0 Å². The van der Waals surface area contributed by atoms with E-state index in [0.717, 1.165) is 11.3 Å². The van der Waals surface area contributed by atoms with Crippen LogP contribution in [0.5, 0.6) is 0 Å². The first kappa shape index (κ1) is 17.6. The van der Waals surface area contributed by atoms with Crippen molar-refractivity contribution in [3.8, 4) is 19.5 Å². The molecule has 0 spiro atoms. The Hall–Kier alpha value is -1.23. The van der Waals surface area contributed by atoms with E-state index in [1.54, 1.807) is 11.3 Å². The van der Waals surface area contributed by atoms with Crippen LogP contribution in [0.15, 0.2) is 36.4 Å². The Bertz CT molecular complexity index is 806. The molecule has 3 rings (SSSR count). The van der Waals surface area contributed by atoms with Crippen LogP contribution in [-0.2, 0) is 6.42 Å². The summed E-state index contributed by atoms with van der Waals surface area (Å²) in [6.45, 7) is 4.29. The average molecular weight is 375 g/mol. The fourth-order valence-electron chi connectivity index (χ4n) is 2.57. The number of hydrogen-bond acceptors (Lipinski definition) is 4. The molecular weight excluding hydrogens is 352 g/mol. The first-order valence-electron chi connectivity index (χ1n) is 8.53. The molecule has 0 aliphatic heterocycles. The summed E-state index contributed by atoms with van der Waals surface area (Å²) in [6, 6.07) is 13.0. The lowest BCUT2D eigenvalue weighted by atomic mass is 10.2. The van der Waals surface area contributed by atoms with Gasteiger partial charge in [-0.2, -0.15) is 0 Å². The van der Waals surface area contributed by atoms with Crippen molar-refractivity contribution in [3.05, 3.63) is 46.2 Å². The van der Waals surface area contributed by atoms with Crippen LogP contribution in [0.1, 0.15) is 54.1 Å². The number of unbranched alkanes of at least 4 members (excludes halogenated alkanes) is 1. The number of Topliss-reactive ketones (excluding diaryl/α,β-unsaturated/α-hetero) is 1. The fourth-order valence-corrected chi connectivity index (χ4v) is 5.78. The summed E-state index contributed by atoms with van der Waals surface area (Å²) in [5.74, 6) is 0.268. The molecule has 0 saturated carbocycles. The molecule has 1 nitrogen and oxygen atoms in total. The molecule has 126 valence electrons. The van der Waals surface area contributed by atoms with Gasteiger partial charge in [0.25, 0.3) is 0 Å². The molecule has 0 aliphatic rings. The van der Waals surface area contributed by atoms with Gasteiger partial charge in [0.05, 0.1) is 4.88 Å². The van der Waals surface area contributed by atoms with E-state index < -0.39 is 0 Å². The van der Waals surface area contributed by atoms with Gasteiger partial charge in [-0.05, 0) is 55.7 Å². The van der Waals surface area contributed by atoms with E-state index in [2.05, 4.69) is 37.3 Å². The van der Waals surface area contributed by atoms with Gasteiger partial charge in [-0.15, -0.1) is 34.0 Å². The Labute approximate surface area is 156 Å². The molecular formula is C20H22OS3. The molecule has 0 amide bonds. The van der Waals surface area contributed by atoms with Crippen LogP contribution in [-0.4, -0.2) is 5.78 Å². The predicted molar refractivity (Wildman–Crippen MR) is 109 cm³/mol. The minimum Gasteiger partial charge on any atom is -0.293 e. The summed E-state index contributed by atoms with van der Waals surface area (Å²) in [5, 5.41) is 0. The normalized spacial score (nSPS) is 11.1. The van der Waals surface area contributed by atoms with Crippen LogP contribution in [0.3, 0.4) is 0 Å². The monoisotopic (exact) mass is 374 g/mol. The summed E-state index contributed by atoms with van der Waals surface area (Å²) in [7, 11) is 0. The van der Waals surface area contributed by atoms with Gasteiger partial charge in [0.15, 0.2) is 5.78 Å². The van der Waals surface area contributed by atoms with Crippen LogP contribution in [0.25, 0.3) is 19.5 Å². The second-order valence-electron chi connectivity index (χ2n) is 5.87. The first-order chi connectivity index (χ1) is 11.7. The highest BCUT2D eigenvalue weighted by Crippen LogP contribution is 2.40. The summed E-state index contributed by atoms with van der Waals surface area (Å²) in [6.07, 6.45) is 5.25. The number of hydrogen-bond donors (Lipinski definition) is 0. The number of rotatable bonds is 8. The van der Waals surface area contributed by atoms with Crippen molar-refractivity contribution in [1.82, 2.24) is 0 Å². The molecule has 0 saturated heterocycles. The summed E-state index contributed by atoms with van der Waals surface area (Å²) in [5.41, 5.74) is 0. The Kier molecular flexibility index (Phi) is 6.04. The van der Waals surface area contributed by atoms with E-state index in [9.17, 15) is 4.79 Å². The van der Waals surface area contributed by atoms with Crippen LogP contribution >= 0.6 is 34.0 Å². The molecule has 0 bridgehead atoms. The maximum atomic E-state index is 12.0. The van der Waals surface area contributed by atoms with Gasteiger partial charge in [0, 0.05) is 30.8 Å². The summed E-state index contributed by atoms with van der Waals surface area (Å²) in [4.78, 5) is 19.5. The molecule has 24 heavy (non-hydrogen) atoms. The lowest BCUT2D eigenvalue weighted by Crippen LogP contribution is -1.93. The minimum atomic E-state index is 0.268. The van der Waals surface area contributed by atoms with Crippen molar-refractivity contribution in [2.24, 2.45) is 0 Å². The molecule has 3 aromatic rings. The third-order valence-corrected chi connectivity index (χ3v) is 7.64. The highest BCUT2D eigenvalue weighted by molar-refractivity contribution is 7.26. The molecule has 0 unspecified atom stereocenters. The second-order valence-corrected chi connectivity index (χ2v) is 9.21. The number of carbonyl (C=O) groups excluding carboxylic acids is 1. The molecule has 0 aromatic carbocycles. The van der Waals surface area contributed by atoms with Crippen LogP contribution in [0.2, 0.25) is 0 Å². The standard InChI is InChI=1S/C20H22OS3/c1-3-5-7-14-8-9-17(22-14)18-12-13-20(24-18)19-11-10-16(23-19)15(21)6-4-2/h8-13H,3-7H2,1-2H3. The Balaban J connectivity index is 1.76. The third kappa shape index (κ3) is 4.05. The molecule has 0 radical (unpaired) electrons. The zero-order valence-corrected chi connectivity index (χ0v) is 16.6. The van der Waals surface area contributed by atoms with Crippen LogP contribution < -0.4 is 0 Å². The van der Waals surface area contributed by atoms with Crippen molar-refractivity contribution in [1.29, 1.82) is 0 Å². The molecule has 3 heterocycles. The van der Waals surface area contributed by atoms with Gasteiger partial charge >= 0.3 is 0 Å². The van der Waals surface area contributed by atoms with Crippen molar-refractivity contribution < 1.29 is 4.79 Å². The zero-order valence-electron chi connectivity index (χ0n) is 14.1. The largest absolute Gasteiger partial charge is 0.293 e. The van der Waals surface area contributed by atoms with E-state index in [0.29, 0.717) is 6.42 Å². The van der Waals surface area contributed by atoms with Crippen molar-refractivity contribution in [3.63, 3.8) is 0 Å². The van der Waals surface area contributed by atoms with Crippen LogP contribution in [0.4, 0.5) is 0 Å². The molecule has 0 atom stereocenters. The molecule has 3 aromatic heterocycles. The van der Waals surface area contributed by atoms with Crippen LogP contribution in [0, 0.1) is 0 Å². The molecule has 0 aliphatic carbocycles. The Morgan fingerprint density at radius 1 is 0.792 bits per heavy atom. The third-order valence-electron chi connectivity index (χ3n) is 3.89. The number of aryl methyl sites for hydroxylation is 1. The van der Waals surface area contributed by atoms with Crippen molar-refractivity contribution in [2.75, 3.05) is 0 Å². The predicted octanol–water partition coefficient (Wildman–Crippen LogP) is 7.53. The molecule has 0 fully saturated rings. The number of ketones is 1. The topological polar surface area (TPSA) is 17.1 Å². The smallest absolute Gasteiger partial charge is 0.172 e. The highest BCUT2D eigenvalue weighted by Gasteiger charge is 2.12. The van der Waals surface area contributed by atoms with E-state index in [-0.39, 0.29) is 5.78 Å². The average Bonchev–Trinajstić information content (AvgIpc) is 3.31. The lowest BCUT2D eigenvalue weighted by Gasteiger charge is -1.94. The quantitative estimate of drug-likeness (QED) is 0.372. The van der Waals surface area contributed by atoms with E-state index in [1.165, 1.54) is 43.6 Å². The second kappa shape index (κ2) is 8.24. The highest BCUT2D eigenvalue weighted by atomic mass is 32.1. The number of carbonyl (C=O) groups is 1. The van der Waals surface area contributed by atoms with E-state index >= 15 is 0 Å². The zero-order chi connectivity index (χ0) is 16.9. The van der Waals surface area contributed by atoms with E-state index in [4.69, 9.17) is 0 Å². The SMILES string of the molecule is CCCCc1ccc(-c2ccc(-c3ccc(C(=O)CCC)s3)s2)s1. The van der Waals surface area contributed by atoms with Gasteiger partial charge in [0.1, 0.15) is 0 Å². The van der Waals surface area contributed by atoms with Gasteiger partial charge < -0.3 is 0 Å². The van der Waals surface area contributed by atoms with Crippen molar-refractivity contribution in [2.45, 2.75) is 46.0 Å². The maximum absolute atomic E-state index is 12.0. The maximum Gasteiger partial charge on any atom is 0.172 e. The number of thiophene rings is 3. The Morgan fingerprint density at radius 2 is 1.42 bits per heavy atom. The van der Waals surface area contributed by atoms with Gasteiger partial charge in [-0.1, -0.05) is 20.3 Å². The first-order valence-corrected chi connectivity index (χ1v) is 11.0. The minimum absolute atomic E-state index is 0.268. The lowest BCUT2D eigenvalue weighted by molar-refractivity contribution is 0.0985.